The summed E-state index contributed by atoms with van der Waals surface area (Å²) in [6.45, 7) is 18.3. The molecule has 0 saturated carbocycles. The summed E-state index contributed by atoms with van der Waals surface area (Å²) in [4.78, 5) is 0. The van der Waals surface area contributed by atoms with Crippen LogP contribution in [-0.4, -0.2) is 24.7 Å². The third kappa shape index (κ3) is 5.41. The maximum atomic E-state index is 5.81. The zero-order valence-electron chi connectivity index (χ0n) is 13.2. The molecule has 0 aromatic rings. The van der Waals surface area contributed by atoms with Crippen LogP contribution < -0.4 is 0 Å². The fraction of sp³-hybridized carbons (Fsp3) is 0.857. The lowest BCUT2D eigenvalue weighted by Gasteiger charge is -2.44. The van der Waals surface area contributed by atoms with Gasteiger partial charge in [-0.15, -0.1) is 11.5 Å². The van der Waals surface area contributed by atoms with Gasteiger partial charge in [0.2, 0.25) is 0 Å². The molecule has 1 atom stereocenters. The van der Waals surface area contributed by atoms with Crippen LogP contribution in [0.15, 0.2) is 0 Å². The zero-order valence-corrected chi connectivity index (χ0v) is 16.2. The quantitative estimate of drug-likeness (QED) is 0.566. The second-order valence-electron chi connectivity index (χ2n) is 7.45. The van der Waals surface area contributed by atoms with Gasteiger partial charge in [-0.25, -0.2) is 0 Å². The lowest BCUT2D eigenvalue weighted by molar-refractivity contribution is -0.00330. The number of rotatable bonds is 3. The first-order valence-corrected chi connectivity index (χ1v) is 10.8. The Bertz CT molecular complexity index is 297. The Morgan fingerprint density at radius 2 is 1.59 bits per heavy atom. The van der Waals surface area contributed by atoms with E-state index in [0.29, 0.717) is 0 Å². The highest BCUT2D eigenvalue weighted by Gasteiger charge is 2.39. The maximum absolute atomic E-state index is 5.81. The third-order valence-corrected chi connectivity index (χ3v) is 5.27. The molecule has 0 N–H and O–H groups in total. The summed E-state index contributed by atoms with van der Waals surface area (Å²) in [6.07, 6.45) is 1.14. The SMILES string of the molecule is CC(C)(C)C(C)(C)[C@@H](CC#C[Si](C)(C)C)O[SiH3]. The predicted molar refractivity (Wildman–Crippen MR) is 83.8 cm³/mol. The van der Waals surface area contributed by atoms with Gasteiger partial charge >= 0.3 is 0 Å². The fourth-order valence-electron chi connectivity index (χ4n) is 1.52. The predicted octanol–water partition coefficient (Wildman–Crippen LogP) is 3.00. The van der Waals surface area contributed by atoms with Crippen LogP contribution in [0.3, 0.4) is 0 Å². The second kappa shape index (κ2) is 5.73. The summed E-state index contributed by atoms with van der Waals surface area (Å²) >= 11 is 0. The van der Waals surface area contributed by atoms with Crippen LogP contribution in [0.1, 0.15) is 41.0 Å². The average molecular weight is 271 g/mol. The topological polar surface area (TPSA) is 9.23 Å². The van der Waals surface area contributed by atoms with Gasteiger partial charge in [0, 0.05) is 6.42 Å². The molecule has 0 rings (SSSR count). The van der Waals surface area contributed by atoms with Crippen molar-refractivity contribution < 1.29 is 4.43 Å². The standard InChI is InChI=1S/C14H30OSi2/c1-13(2,3)14(4,5)12(15-16)10-9-11-17(6,7)8/h12H,10H2,1-8,16H3/t12-/m1/s1. The van der Waals surface area contributed by atoms with Gasteiger partial charge in [-0.3, -0.25) is 0 Å². The molecule has 0 bridgehead atoms. The van der Waals surface area contributed by atoms with Crippen LogP contribution in [0, 0.1) is 22.3 Å². The summed E-state index contributed by atoms with van der Waals surface area (Å²) < 4.78 is 5.81. The Morgan fingerprint density at radius 1 is 1.12 bits per heavy atom. The van der Waals surface area contributed by atoms with Crippen LogP contribution in [0.4, 0.5) is 0 Å². The number of hydrogen-bond donors (Lipinski definition) is 0. The molecule has 0 aromatic heterocycles. The van der Waals surface area contributed by atoms with Crippen molar-refractivity contribution in [3.63, 3.8) is 0 Å². The number of hydrogen-bond acceptors (Lipinski definition) is 1. The van der Waals surface area contributed by atoms with E-state index >= 15 is 0 Å². The fourth-order valence-corrected chi connectivity index (χ4v) is 2.91. The van der Waals surface area contributed by atoms with Gasteiger partial charge in [0.05, 0.1) is 6.10 Å². The minimum Gasteiger partial charge on any atom is -0.424 e. The second-order valence-corrected chi connectivity index (χ2v) is 12.7. The van der Waals surface area contributed by atoms with Crippen LogP contribution in [0.25, 0.3) is 0 Å². The van der Waals surface area contributed by atoms with Crippen LogP contribution >= 0.6 is 0 Å². The van der Waals surface area contributed by atoms with Crippen LogP contribution in [-0.2, 0) is 4.43 Å². The zero-order chi connectivity index (χ0) is 13.9. The molecule has 0 unspecified atom stereocenters. The van der Waals surface area contributed by atoms with Crippen molar-refractivity contribution in [1.29, 1.82) is 0 Å². The minimum absolute atomic E-state index is 0.156. The van der Waals surface area contributed by atoms with Crippen molar-refractivity contribution in [2.24, 2.45) is 10.8 Å². The van der Waals surface area contributed by atoms with Gasteiger partial charge < -0.3 is 4.43 Å². The van der Waals surface area contributed by atoms with Gasteiger partial charge in [-0.1, -0.05) is 54.3 Å². The molecule has 0 aliphatic carbocycles. The molecule has 0 fully saturated rings. The molecule has 0 saturated heterocycles. The molecular formula is C14H30OSi2. The molecule has 0 radical (unpaired) electrons. The highest BCUT2D eigenvalue weighted by atomic mass is 28.3. The lowest BCUT2D eigenvalue weighted by atomic mass is 9.65. The van der Waals surface area contributed by atoms with Crippen molar-refractivity contribution >= 4 is 18.6 Å². The van der Waals surface area contributed by atoms with Gasteiger partial charge in [-0.2, -0.15) is 0 Å². The van der Waals surface area contributed by atoms with E-state index in [4.69, 9.17) is 4.43 Å². The lowest BCUT2D eigenvalue weighted by Crippen LogP contribution is -2.42. The molecule has 0 aliphatic heterocycles. The molecule has 0 amide bonds. The summed E-state index contributed by atoms with van der Waals surface area (Å²) in [5, 5.41) is 0. The summed E-state index contributed by atoms with van der Waals surface area (Å²) in [7, 11) is -0.461. The maximum Gasteiger partial charge on any atom is 0.146 e. The molecular weight excluding hydrogens is 240 g/mol. The highest BCUT2D eigenvalue weighted by molar-refractivity contribution is 6.83. The molecule has 0 aromatic carbocycles. The van der Waals surface area contributed by atoms with E-state index in [1.807, 2.05) is 0 Å². The Labute approximate surface area is 112 Å². The highest BCUT2D eigenvalue weighted by Crippen LogP contribution is 2.42. The Balaban J connectivity index is 4.81. The Morgan fingerprint density at radius 3 is 1.88 bits per heavy atom. The molecule has 0 heterocycles. The van der Waals surface area contributed by atoms with Crippen molar-refractivity contribution in [2.75, 3.05) is 0 Å². The largest absolute Gasteiger partial charge is 0.424 e. The Kier molecular flexibility index (Phi) is 5.71. The minimum atomic E-state index is -1.25. The van der Waals surface area contributed by atoms with E-state index < -0.39 is 8.07 Å². The third-order valence-electron chi connectivity index (χ3n) is 3.77. The van der Waals surface area contributed by atoms with Crippen LogP contribution in [0.2, 0.25) is 19.6 Å². The molecule has 17 heavy (non-hydrogen) atoms. The van der Waals surface area contributed by atoms with E-state index in [1.54, 1.807) is 0 Å². The van der Waals surface area contributed by atoms with Crippen molar-refractivity contribution in [2.45, 2.75) is 66.8 Å². The van der Waals surface area contributed by atoms with E-state index in [1.165, 1.54) is 0 Å². The van der Waals surface area contributed by atoms with E-state index in [0.717, 1.165) is 16.9 Å². The van der Waals surface area contributed by atoms with Crippen molar-refractivity contribution in [3.8, 4) is 11.5 Å². The first-order valence-electron chi connectivity index (χ1n) is 6.44. The van der Waals surface area contributed by atoms with Gasteiger partial charge in [0.25, 0.3) is 0 Å². The summed E-state index contributed by atoms with van der Waals surface area (Å²) in [5.74, 6) is 3.36. The average Bonchev–Trinajstić information content (AvgIpc) is 2.08. The monoisotopic (exact) mass is 270 g/mol. The molecule has 0 spiro atoms. The first kappa shape index (κ1) is 17.0. The van der Waals surface area contributed by atoms with Crippen molar-refractivity contribution in [1.82, 2.24) is 0 Å². The van der Waals surface area contributed by atoms with Gasteiger partial charge in [-0.05, 0) is 10.8 Å². The van der Waals surface area contributed by atoms with Gasteiger partial charge in [0.15, 0.2) is 0 Å². The summed E-state index contributed by atoms with van der Waals surface area (Å²) in [5.41, 5.74) is 3.83. The summed E-state index contributed by atoms with van der Waals surface area (Å²) in [6, 6.07) is 0. The van der Waals surface area contributed by atoms with Crippen LogP contribution in [0.5, 0.6) is 0 Å². The first-order chi connectivity index (χ1) is 7.42. The van der Waals surface area contributed by atoms with Gasteiger partial charge in [0.1, 0.15) is 18.6 Å². The normalized spacial score (nSPS) is 15.3. The Hall–Kier alpha value is -0.0462. The molecule has 0 aliphatic rings. The van der Waals surface area contributed by atoms with E-state index in [2.05, 4.69) is 65.7 Å². The molecule has 3 heteroatoms. The van der Waals surface area contributed by atoms with Crippen molar-refractivity contribution in [3.05, 3.63) is 0 Å². The van der Waals surface area contributed by atoms with E-state index in [9.17, 15) is 0 Å². The molecule has 1 nitrogen and oxygen atoms in total. The smallest absolute Gasteiger partial charge is 0.146 e. The molecule has 100 valence electrons. The van der Waals surface area contributed by atoms with E-state index in [-0.39, 0.29) is 16.9 Å².